The third kappa shape index (κ3) is 8.62. The Hall–Kier alpha value is -3.75. The fourth-order valence-electron chi connectivity index (χ4n) is 4.51. The number of rotatable bonds is 12. The second kappa shape index (κ2) is 13.7. The molecule has 1 amide bonds. The van der Waals surface area contributed by atoms with E-state index in [1.54, 1.807) is 19.6 Å². The van der Waals surface area contributed by atoms with Crippen LogP contribution in [0.5, 0.6) is 11.5 Å². The first-order chi connectivity index (χ1) is 19.6. The summed E-state index contributed by atoms with van der Waals surface area (Å²) < 4.78 is 24.2. The van der Waals surface area contributed by atoms with Crippen LogP contribution in [0.4, 0.5) is 4.39 Å². The van der Waals surface area contributed by atoms with Gasteiger partial charge in [-0.2, -0.15) is 0 Å². The van der Waals surface area contributed by atoms with E-state index < -0.39 is 0 Å². The highest BCUT2D eigenvalue weighted by Gasteiger charge is 2.16. The van der Waals surface area contributed by atoms with Gasteiger partial charge in [0.2, 0.25) is 0 Å². The standard InChI is InChI=1S/C33H38FN3O3S/c1-33(2,3)26-11-6-24(7-12-26)19-37(20-25-8-13-27(34)14-9-25)21-31-36-28(22-41-31)32(38)35-17-16-23-10-15-29(39-4)30(18-23)40-5/h6-15,18,22H,16-17,19-21H2,1-5H3,(H,35,38). The SMILES string of the molecule is COc1ccc(CCNC(=O)c2csc(CN(Cc3ccc(F)cc3)Cc3ccc(C(C)(C)C)cc3)n2)cc1OC. The van der Waals surface area contributed by atoms with E-state index in [2.05, 4.69) is 60.2 Å². The van der Waals surface area contributed by atoms with Crippen molar-refractivity contribution in [2.24, 2.45) is 0 Å². The first-order valence-corrected chi connectivity index (χ1v) is 14.5. The molecule has 0 saturated carbocycles. The Morgan fingerprint density at radius 3 is 2.10 bits per heavy atom. The van der Waals surface area contributed by atoms with Crippen molar-refractivity contribution in [3.05, 3.63) is 111 Å². The molecule has 0 atom stereocenters. The van der Waals surface area contributed by atoms with Crippen molar-refractivity contribution in [2.45, 2.75) is 52.2 Å². The smallest absolute Gasteiger partial charge is 0.270 e. The lowest BCUT2D eigenvalue weighted by Crippen LogP contribution is -2.26. The average Bonchev–Trinajstić information content (AvgIpc) is 3.42. The summed E-state index contributed by atoms with van der Waals surface area (Å²) in [6.45, 7) is 8.99. The zero-order chi connectivity index (χ0) is 29.4. The van der Waals surface area contributed by atoms with Gasteiger partial charge in [0, 0.05) is 25.0 Å². The molecule has 41 heavy (non-hydrogen) atoms. The molecule has 8 heteroatoms. The van der Waals surface area contributed by atoms with Gasteiger partial charge in [0.05, 0.1) is 20.8 Å². The lowest BCUT2D eigenvalue weighted by molar-refractivity contribution is 0.0949. The second-order valence-electron chi connectivity index (χ2n) is 11.0. The molecule has 0 aliphatic rings. The molecular formula is C33H38FN3O3S. The fraction of sp³-hybridized carbons (Fsp3) is 0.333. The molecule has 0 saturated heterocycles. The zero-order valence-electron chi connectivity index (χ0n) is 24.4. The molecule has 0 bridgehead atoms. The summed E-state index contributed by atoms with van der Waals surface area (Å²) in [4.78, 5) is 19.7. The maximum absolute atomic E-state index is 13.5. The molecule has 1 aromatic heterocycles. The Bertz CT molecular complexity index is 1430. The number of nitrogens with one attached hydrogen (secondary N) is 1. The van der Waals surface area contributed by atoms with Gasteiger partial charge in [-0.3, -0.25) is 9.69 Å². The summed E-state index contributed by atoms with van der Waals surface area (Å²) in [6, 6.07) is 21.0. The van der Waals surface area contributed by atoms with Crippen molar-refractivity contribution in [2.75, 3.05) is 20.8 Å². The third-order valence-electron chi connectivity index (χ3n) is 6.84. The Kier molecular flexibility index (Phi) is 10.1. The lowest BCUT2D eigenvalue weighted by atomic mass is 9.87. The number of aromatic nitrogens is 1. The normalized spacial score (nSPS) is 11.5. The largest absolute Gasteiger partial charge is 0.493 e. The van der Waals surface area contributed by atoms with Crippen LogP contribution in [0, 0.1) is 5.82 Å². The molecule has 0 fully saturated rings. The number of amides is 1. The van der Waals surface area contributed by atoms with E-state index in [1.165, 1.54) is 34.6 Å². The fourth-order valence-corrected chi connectivity index (χ4v) is 5.33. The minimum atomic E-state index is -0.250. The van der Waals surface area contributed by atoms with Gasteiger partial charge in [-0.05, 0) is 58.4 Å². The van der Waals surface area contributed by atoms with Gasteiger partial charge in [-0.15, -0.1) is 11.3 Å². The zero-order valence-corrected chi connectivity index (χ0v) is 25.2. The highest BCUT2D eigenvalue weighted by molar-refractivity contribution is 7.09. The molecule has 0 spiro atoms. The minimum absolute atomic E-state index is 0.0890. The number of ether oxygens (including phenoxy) is 2. The third-order valence-corrected chi connectivity index (χ3v) is 7.67. The van der Waals surface area contributed by atoms with Crippen LogP contribution in [0.1, 0.15) is 58.5 Å². The average molecular weight is 576 g/mol. The summed E-state index contributed by atoms with van der Waals surface area (Å²) in [5.74, 6) is 0.886. The lowest BCUT2D eigenvalue weighted by Gasteiger charge is -2.23. The molecule has 0 aliphatic carbocycles. The molecular weight excluding hydrogens is 537 g/mol. The van der Waals surface area contributed by atoms with E-state index in [9.17, 15) is 9.18 Å². The van der Waals surface area contributed by atoms with E-state index in [1.807, 2.05) is 30.3 Å². The van der Waals surface area contributed by atoms with Gasteiger partial charge in [0.25, 0.3) is 5.91 Å². The molecule has 6 nitrogen and oxygen atoms in total. The van der Waals surface area contributed by atoms with Gasteiger partial charge < -0.3 is 14.8 Å². The molecule has 4 aromatic rings. The Morgan fingerprint density at radius 2 is 1.49 bits per heavy atom. The molecule has 0 radical (unpaired) electrons. The van der Waals surface area contributed by atoms with Gasteiger partial charge in [-0.1, -0.05) is 63.2 Å². The number of carbonyl (C=O) groups is 1. The first kappa shape index (κ1) is 30.2. The number of nitrogens with zero attached hydrogens (tertiary/aromatic N) is 2. The summed E-state index contributed by atoms with van der Waals surface area (Å²) >= 11 is 1.47. The Labute approximate surface area is 246 Å². The molecule has 4 rings (SSSR count). The predicted molar refractivity (Wildman–Crippen MR) is 162 cm³/mol. The number of methoxy groups -OCH3 is 2. The molecule has 1 heterocycles. The molecule has 0 unspecified atom stereocenters. The quantitative estimate of drug-likeness (QED) is 0.202. The number of halogens is 1. The predicted octanol–water partition coefficient (Wildman–Crippen LogP) is 6.77. The number of carbonyl (C=O) groups excluding carboxylic acids is 1. The van der Waals surface area contributed by atoms with E-state index >= 15 is 0 Å². The molecule has 216 valence electrons. The Morgan fingerprint density at radius 1 is 0.878 bits per heavy atom. The van der Waals surface area contributed by atoms with E-state index in [0.29, 0.717) is 49.8 Å². The van der Waals surface area contributed by atoms with Crippen LogP contribution in [0.3, 0.4) is 0 Å². The second-order valence-corrected chi connectivity index (χ2v) is 12.0. The van der Waals surface area contributed by atoms with Crippen molar-refractivity contribution in [3.63, 3.8) is 0 Å². The van der Waals surface area contributed by atoms with Gasteiger partial charge in [0.1, 0.15) is 16.5 Å². The van der Waals surface area contributed by atoms with Crippen molar-refractivity contribution >= 4 is 17.2 Å². The topological polar surface area (TPSA) is 63.7 Å². The molecule has 0 aliphatic heterocycles. The maximum Gasteiger partial charge on any atom is 0.270 e. The van der Waals surface area contributed by atoms with Crippen molar-refractivity contribution in [1.29, 1.82) is 0 Å². The van der Waals surface area contributed by atoms with Crippen LogP contribution < -0.4 is 14.8 Å². The van der Waals surface area contributed by atoms with Crippen LogP contribution in [0.2, 0.25) is 0 Å². The van der Waals surface area contributed by atoms with E-state index in [0.717, 1.165) is 16.1 Å². The number of hydrogen-bond acceptors (Lipinski definition) is 6. The highest BCUT2D eigenvalue weighted by atomic mass is 32.1. The number of hydrogen-bond donors (Lipinski definition) is 1. The van der Waals surface area contributed by atoms with E-state index in [4.69, 9.17) is 9.47 Å². The van der Waals surface area contributed by atoms with Crippen LogP contribution in [0.25, 0.3) is 0 Å². The summed E-state index contributed by atoms with van der Waals surface area (Å²) in [5, 5.41) is 5.62. The number of thiazole rings is 1. The summed E-state index contributed by atoms with van der Waals surface area (Å²) in [5.41, 5.74) is 5.02. The van der Waals surface area contributed by atoms with Gasteiger partial charge in [-0.25, -0.2) is 9.37 Å². The van der Waals surface area contributed by atoms with Crippen molar-refractivity contribution in [3.8, 4) is 11.5 Å². The highest BCUT2D eigenvalue weighted by Crippen LogP contribution is 2.28. The van der Waals surface area contributed by atoms with Crippen LogP contribution in [-0.2, 0) is 31.5 Å². The number of benzene rings is 3. The summed E-state index contributed by atoms with van der Waals surface area (Å²) in [6.07, 6.45) is 0.655. The van der Waals surface area contributed by atoms with Gasteiger partial charge >= 0.3 is 0 Å². The van der Waals surface area contributed by atoms with Crippen LogP contribution >= 0.6 is 11.3 Å². The summed E-state index contributed by atoms with van der Waals surface area (Å²) in [7, 11) is 3.21. The Balaban J connectivity index is 1.39. The first-order valence-electron chi connectivity index (χ1n) is 13.6. The monoisotopic (exact) mass is 575 g/mol. The van der Waals surface area contributed by atoms with Crippen LogP contribution in [0.15, 0.2) is 72.1 Å². The van der Waals surface area contributed by atoms with Crippen molar-refractivity contribution in [1.82, 2.24) is 15.2 Å². The van der Waals surface area contributed by atoms with Crippen molar-refractivity contribution < 1.29 is 18.7 Å². The molecule has 1 N–H and O–H groups in total. The van der Waals surface area contributed by atoms with E-state index in [-0.39, 0.29) is 17.1 Å². The van der Waals surface area contributed by atoms with Gasteiger partial charge in [0.15, 0.2) is 11.5 Å². The maximum atomic E-state index is 13.5. The minimum Gasteiger partial charge on any atom is -0.493 e. The van der Waals surface area contributed by atoms with Crippen LogP contribution in [-0.4, -0.2) is 36.6 Å². The molecule has 3 aromatic carbocycles.